The number of aryl methyl sites for hydroxylation is 1. The van der Waals surface area contributed by atoms with E-state index in [2.05, 4.69) is 10.4 Å². The molecule has 0 saturated carbocycles. The van der Waals surface area contributed by atoms with Crippen LogP contribution in [0.2, 0.25) is 5.02 Å². The number of aromatic nitrogens is 2. The molecular weight excluding hydrogens is 410 g/mol. The van der Waals surface area contributed by atoms with Crippen LogP contribution >= 0.6 is 11.6 Å². The minimum atomic E-state index is -0.641. The molecule has 0 saturated heterocycles. The molecule has 0 fully saturated rings. The summed E-state index contributed by atoms with van der Waals surface area (Å²) in [4.78, 5) is 24.6. The zero-order valence-electron chi connectivity index (χ0n) is 16.6. The summed E-state index contributed by atoms with van der Waals surface area (Å²) < 4.78 is 17.3. The van der Waals surface area contributed by atoms with Gasteiger partial charge in [0.15, 0.2) is 5.69 Å². The van der Waals surface area contributed by atoms with Crippen molar-refractivity contribution in [1.82, 2.24) is 9.78 Å². The average molecular weight is 430 g/mol. The minimum Gasteiger partial charge on any atom is -0.496 e. The van der Waals surface area contributed by atoms with Crippen LogP contribution in [-0.4, -0.2) is 35.9 Å². The first kappa shape index (κ1) is 21.2. The van der Waals surface area contributed by atoms with Gasteiger partial charge in [0.2, 0.25) is 0 Å². The Bertz CT molecular complexity index is 1060. The predicted molar refractivity (Wildman–Crippen MR) is 111 cm³/mol. The summed E-state index contributed by atoms with van der Waals surface area (Å²) in [6.45, 7) is 0.187. The van der Waals surface area contributed by atoms with Crippen LogP contribution in [0.4, 0.5) is 5.69 Å². The number of ether oxygens (including phenoxy) is 3. The Morgan fingerprint density at radius 1 is 1.13 bits per heavy atom. The van der Waals surface area contributed by atoms with E-state index in [0.29, 0.717) is 27.6 Å². The number of nitrogens with zero attached hydrogens (tertiary/aromatic N) is 2. The fourth-order valence-electron chi connectivity index (χ4n) is 2.75. The van der Waals surface area contributed by atoms with Crippen molar-refractivity contribution in [1.29, 1.82) is 0 Å². The van der Waals surface area contributed by atoms with Crippen molar-refractivity contribution in [2.45, 2.75) is 6.61 Å². The maximum absolute atomic E-state index is 12.8. The molecule has 0 aliphatic rings. The molecule has 1 amide bonds. The number of halogens is 1. The minimum absolute atomic E-state index is 0.0214. The Kier molecular flexibility index (Phi) is 6.58. The van der Waals surface area contributed by atoms with E-state index in [1.165, 1.54) is 18.0 Å². The number of benzene rings is 2. The van der Waals surface area contributed by atoms with Crippen LogP contribution in [0, 0.1) is 0 Å². The van der Waals surface area contributed by atoms with Gasteiger partial charge in [-0.2, -0.15) is 5.10 Å². The van der Waals surface area contributed by atoms with Crippen molar-refractivity contribution in [2.75, 3.05) is 19.5 Å². The van der Waals surface area contributed by atoms with Crippen molar-refractivity contribution in [3.05, 3.63) is 70.5 Å². The molecule has 0 radical (unpaired) electrons. The second-order valence-corrected chi connectivity index (χ2v) is 6.72. The van der Waals surface area contributed by atoms with E-state index >= 15 is 0 Å². The molecular formula is C21H20ClN3O5. The summed E-state index contributed by atoms with van der Waals surface area (Å²) in [5.41, 5.74) is 1.32. The van der Waals surface area contributed by atoms with E-state index < -0.39 is 11.9 Å². The highest BCUT2D eigenvalue weighted by Gasteiger charge is 2.19. The van der Waals surface area contributed by atoms with Gasteiger partial charge in [0.05, 0.1) is 19.9 Å². The molecule has 0 bridgehead atoms. The summed E-state index contributed by atoms with van der Waals surface area (Å²) >= 11 is 5.89. The number of hydrogen-bond donors (Lipinski definition) is 1. The van der Waals surface area contributed by atoms with Gasteiger partial charge in [0, 0.05) is 29.4 Å². The Morgan fingerprint density at radius 3 is 2.53 bits per heavy atom. The first-order valence-corrected chi connectivity index (χ1v) is 9.27. The molecule has 0 aliphatic heterocycles. The summed E-state index contributed by atoms with van der Waals surface area (Å²) in [5, 5.41) is 7.32. The zero-order chi connectivity index (χ0) is 21.7. The second kappa shape index (κ2) is 9.32. The molecule has 1 N–H and O–H groups in total. The van der Waals surface area contributed by atoms with Crippen LogP contribution in [0.25, 0.3) is 0 Å². The molecule has 3 aromatic rings. The van der Waals surface area contributed by atoms with Crippen LogP contribution in [-0.2, 0) is 18.4 Å². The Labute approximate surface area is 178 Å². The molecule has 1 aromatic heterocycles. The lowest BCUT2D eigenvalue weighted by atomic mass is 10.1. The third-order valence-corrected chi connectivity index (χ3v) is 4.46. The van der Waals surface area contributed by atoms with E-state index in [0.717, 1.165) is 0 Å². The van der Waals surface area contributed by atoms with Gasteiger partial charge < -0.3 is 19.5 Å². The summed E-state index contributed by atoms with van der Waals surface area (Å²) in [5.74, 6) is 0.160. The normalized spacial score (nSPS) is 10.4. The lowest BCUT2D eigenvalue weighted by molar-refractivity contribution is 0.0594. The Balaban J connectivity index is 1.79. The molecule has 30 heavy (non-hydrogen) atoms. The number of esters is 1. The second-order valence-electron chi connectivity index (χ2n) is 6.28. The van der Waals surface area contributed by atoms with E-state index in [-0.39, 0.29) is 18.0 Å². The van der Waals surface area contributed by atoms with Crippen molar-refractivity contribution in [3.63, 3.8) is 0 Å². The van der Waals surface area contributed by atoms with Gasteiger partial charge in [-0.25, -0.2) is 4.79 Å². The number of anilines is 1. The van der Waals surface area contributed by atoms with E-state index in [9.17, 15) is 9.59 Å². The van der Waals surface area contributed by atoms with Gasteiger partial charge in [0.25, 0.3) is 5.91 Å². The molecule has 0 spiro atoms. The summed E-state index contributed by atoms with van der Waals surface area (Å²) in [6, 6.07) is 11.9. The molecule has 0 atom stereocenters. The lowest BCUT2D eigenvalue weighted by Crippen LogP contribution is -2.15. The molecule has 1 heterocycles. The standard InChI is InChI=1S/C21H20ClN3O5/c1-25-11-17(19(24-25)21(27)29-3)23-20(26)13-4-9-18(28-2)14(10-13)12-30-16-7-5-15(22)6-8-16/h4-11H,12H2,1-3H3,(H,23,26). The molecule has 0 aliphatic carbocycles. The van der Waals surface area contributed by atoms with Gasteiger partial charge in [-0.3, -0.25) is 9.48 Å². The van der Waals surface area contributed by atoms with Crippen molar-refractivity contribution >= 4 is 29.2 Å². The first-order valence-electron chi connectivity index (χ1n) is 8.90. The van der Waals surface area contributed by atoms with E-state index in [4.69, 9.17) is 25.8 Å². The van der Waals surface area contributed by atoms with Crippen molar-refractivity contribution in [2.24, 2.45) is 7.05 Å². The number of amides is 1. The van der Waals surface area contributed by atoms with Gasteiger partial charge in [-0.05, 0) is 42.5 Å². The number of rotatable bonds is 7. The lowest BCUT2D eigenvalue weighted by Gasteiger charge is -2.12. The molecule has 9 heteroatoms. The third-order valence-electron chi connectivity index (χ3n) is 4.21. The molecule has 2 aromatic carbocycles. The monoisotopic (exact) mass is 429 g/mol. The number of hydrogen-bond acceptors (Lipinski definition) is 6. The topological polar surface area (TPSA) is 91.7 Å². The third kappa shape index (κ3) is 4.90. The number of methoxy groups -OCH3 is 2. The zero-order valence-corrected chi connectivity index (χ0v) is 17.4. The van der Waals surface area contributed by atoms with E-state index in [1.54, 1.807) is 56.6 Å². The molecule has 8 nitrogen and oxygen atoms in total. The highest BCUT2D eigenvalue weighted by molar-refractivity contribution is 6.30. The van der Waals surface area contributed by atoms with Crippen LogP contribution in [0.3, 0.4) is 0 Å². The molecule has 0 unspecified atom stereocenters. The summed E-state index contributed by atoms with van der Waals surface area (Å²) in [7, 11) is 4.43. The van der Waals surface area contributed by atoms with Gasteiger partial charge >= 0.3 is 5.97 Å². The number of carbonyl (C=O) groups excluding carboxylic acids is 2. The average Bonchev–Trinajstić information content (AvgIpc) is 3.12. The van der Waals surface area contributed by atoms with Crippen molar-refractivity contribution < 1.29 is 23.8 Å². The van der Waals surface area contributed by atoms with Crippen LogP contribution < -0.4 is 14.8 Å². The van der Waals surface area contributed by atoms with Crippen LogP contribution in [0.1, 0.15) is 26.4 Å². The first-order chi connectivity index (χ1) is 14.4. The molecule has 3 rings (SSSR count). The smallest absolute Gasteiger partial charge is 0.360 e. The predicted octanol–water partition coefficient (Wildman–Crippen LogP) is 3.70. The van der Waals surface area contributed by atoms with Gasteiger partial charge in [-0.1, -0.05) is 11.6 Å². The quantitative estimate of drug-likeness (QED) is 0.576. The summed E-state index contributed by atoms with van der Waals surface area (Å²) in [6.07, 6.45) is 1.53. The number of carbonyl (C=O) groups is 2. The SMILES string of the molecule is COC(=O)c1nn(C)cc1NC(=O)c1ccc(OC)c(COc2ccc(Cl)cc2)c1. The van der Waals surface area contributed by atoms with E-state index in [1.807, 2.05) is 0 Å². The van der Waals surface area contributed by atoms with Gasteiger partial charge in [0.1, 0.15) is 18.1 Å². The van der Waals surface area contributed by atoms with Gasteiger partial charge in [-0.15, -0.1) is 0 Å². The maximum atomic E-state index is 12.8. The highest BCUT2D eigenvalue weighted by Crippen LogP contribution is 2.24. The van der Waals surface area contributed by atoms with Crippen LogP contribution in [0.5, 0.6) is 11.5 Å². The Morgan fingerprint density at radius 2 is 1.87 bits per heavy atom. The van der Waals surface area contributed by atoms with Crippen LogP contribution in [0.15, 0.2) is 48.7 Å². The molecule has 156 valence electrons. The fourth-order valence-corrected chi connectivity index (χ4v) is 2.87. The highest BCUT2D eigenvalue weighted by atomic mass is 35.5. The fraction of sp³-hybridized carbons (Fsp3) is 0.190. The largest absolute Gasteiger partial charge is 0.496 e. The number of nitrogens with one attached hydrogen (secondary N) is 1. The maximum Gasteiger partial charge on any atom is 0.360 e. The Hall–Kier alpha value is -3.52. The van der Waals surface area contributed by atoms with Crippen molar-refractivity contribution in [3.8, 4) is 11.5 Å².